The van der Waals surface area contributed by atoms with E-state index in [1.807, 2.05) is 6.92 Å². The lowest BCUT2D eigenvalue weighted by molar-refractivity contribution is -0.153. The molecule has 3 N–H and O–H groups in total. The minimum atomic E-state index is -1.46. The Balaban J connectivity index is 2.62. The SMILES string of the molecule is CCCCCC(=O)OC1=C(O)[C@@H]([C@@H](O)CO)OC1=O. The fourth-order valence-corrected chi connectivity index (χ4v) is 1.59. The number of carbonyl (C=O) groups excluding carboxylic acids is 2. The largest absolute Gasteiger partial charge is 0.505 e. The average Bonchev–Trinajstić information content (AvgIpc) is 2.66. The summed E-state index contributed by atoms with van der Waals surface area (Å²) in [5, 5.41) is 27.7. The number of ether oxygens (including phenoxy) is 2. The average molecular weight is 274 g/mol. The topological polar surface area (TPSA) is 113 Å². The Morgan fingerprint density at radius 1 is 1.47 bits per heavy atom. The van der Waals surface area contributed by atoms with Crippen LogP contribution < -0.4 is 0 Å². The smallest absolute Gasteiger partial charge is 0.378 e. The zero-order valence-corrected chi connectivity index (χ0v) is 10.7. The van der Waals surface area contributed by atoms with E-state index in [2.05, 4.69) is 4.74 Å². The number of unbranched alkanes of at least 4 members (excludes halogenated alkanes) is 2. The molecule has 0 fully saturated rings. The van der Waals surface area contributed by atoms with Crippen LogP contribution >= 0.6 is 0 Å². The molecule has 0 saturated heterocycles. The number of aliphatic hydroxyl groups is 3. The molecule has 108 valence electrons. The van der Waals surface area contributed by atoms with Gasteiger partial charge < -0.3 is 24.8 Å². The van der Waals surface area contributed by atoms with E-state index in [4.69, 9.17) is 9.84 Å². The van der Waals surface area contributed by atoms with E-state index < -0.39 is 42.3 Å². The van der Waals surface area contributed by atoms with Crippen LogP contribution in [0.3, 0.4) is 0 Å². The lowest BCUT2D eigenvalue weighted by atomic mass is 10.2. The molecular weight excluding hydrogens is 256 g/mol. The molecule has 2 atom stereocenters. The molecule has 1 aliphatic rings. The highest BCUT2D eigenvalue weighted by Gasteiger charge is 2.41. The fourth-order valence-electron chi connectivity index (χ4n) is 1.59. The number of cyclic esters (lactones) is 1. The maximum absolute atomic E-state index is 11.4. The molecule has 0 radical (unpaired) electrons. The molecule has 1 heterocycles. The van der Waals surface area contributed by atoms with Crippen LogP contribution in [-0.4, -0.2) is 46.1 Å². The highest BCUT2D eigenvalue weighted by atomic mass is 16.6. The van der Waals surface area contributed by atoms with Gasteiger partial charge in [0.25, 0.3) is 5.76 Å². The summed E-state index contributed by atoms with van der Waals surface area (Å²) in [5.74, 6) is -2.96. The first kappa shape index (κ1) is 15.5. The van der Waals surface area contributed by atoms with Gasteiger partial charge in [0.15, 0.2) is 11.9 Å². The zero-order valence-electron chi connectivity index (χ0n) is 10.7. The predicted molar refractivity (Wildman–Crippen MR) is 62.9 cm³/mol. The van der Waals surface area contributed by atoms with Crippen LogP contribution in [0.15, 0.2) is 11.5 Å². The van der Waals surface area contributed by atoms with Crippen LogP contribution in [0.2, 0.25) is 0 Å². The highest BCUT2D eigenvalue weighted by molar-refractivity contribution is 5.92. The Labute approximate surface area is 110 Å². The number of hydrogen-bond donors (Lipinski definition) is 3. The van der Waals surface area contributed by atoms with Crippen molar-refractivity contribution < 1.29 is 34.4 Å². The van der Waals surface area contributed by atoms with Gasteiger partial charge in [-0.2, -0.15) is 0 Å². The number of aliphatic hydroxyl groups excluding tert-OH is 3. The van der Waals surface area contributed by atoms with Gasteiger partial charge in [-0.05, 0) is 6.42 Å². The van der Waals surface area contributed by atoms with Gasteiger partial charge in [0.2, 0.25) is 0 Å². The van der Waals surface area contributed by atoms with E-state index in [0.29, 0.717) is 6.42 Å². The third kappa shape index (κ3) is 3.93. The molecule has 1 aliphatic heterocycles. The highest BCUT2D eigenvalue weighted by Crippen LogP contribution is 2.24. The first-order valence-corrected chi connectivity index (χ1v) is 6.15. The molecule has 1 rings (SSSR count). The second-order valence-electron chi connectivity index (χ2n) is 4.22. The maximum atomic E-state index is 11.4. The van der Waals surface area contributed by atoms with Crippen molar-refractivity contribution in [2.45, 2.75) is 44.8 Å². The molecule has 7 heteroatoms. The first-order valence-electron chi connectivity index (χ1n) is 6.15. The normalized spacial score (nSPS) is 20.4. The molecular formula is C12H18O7. The van der Waals surface area contributed by atoms with Crippen LogP contribution in [0.1, 0.15) is 32.6 Å². The van der Waals surface area contributed by atoms with Gasteiger partial charge >= 0.3 is 11.9 Å². The van der Waals surface area contributed by atoms with Crippen LogP contribution in [0.5, 0.6) is 0 Å². The summed E-state index contributed by atoms with van der Waals surface area (Å²) in [4.78, 5) is 22.8. The maximum Gasteiger partial charge on any atom is 0.378 e. The molecule has 0 aromatic rings. The Kier molecular flexibility index (Phi) is 5.78. The summed E-state index contributed by atoms with van der Waals surface area (Å²) in [6, 6.07) is 0. The number of carbonyl (C=O) groups is 2. The quantitative estimate of drug-likeness (QED) is 0.447. The third-order valence-electron chi connectivity index (χ3n) is 2.66. The lowest BCUT2D eigenvalue weighted by Crippen LogP contribution is -2.31. The molecule has 0 aromatic carbocycles. The first-order chi connectivity index (χ1) is 9.01. The van der Waals surface area contributed by atoms with Crippen molar-refractivity contribution in [2.75, 3.05) is 6.61 Å². The fraction of sp³-hybridized carbons (Fsp3) is 0.667. The lowest BCUT2D eigenvalue weighted by Gasteiger charge is -2.13. The zero-order chi connectivity index (χ0) is 14.4. The van der Waals surface area contributed by atoms with Crippen LogP contribution in [0, 0.1) is 0 Å². The van der Waals surface area contributed by atoms with Gasteiger partial charge in [0.05, 0.1) is 6.61 Å². The van der Waals surface area contributed by atoms with E-state index >= 15 is 0 Å². The summed E-state index contributed by atoms with van der Waals surface area (Å²) >= 11 is 0. The summed E-state index contributed by atoms with van der Waals surface area (Å²) in [7, 11) is 0. The molecule has 0 spiro atoms. The van der Waals surface area contributed by atoms with Crippen molar-refractivity contribution >= 4 is 11.9 Å². The summed E-state index contributed by atoms with van der Waals surface area (Å²) in [6.45, 7) is 1.29. The standard InChI is InChI=1S/C12H18O7/c1-2-3-4-5-8(15)18-11-9(16)10(7(14)6-13)19-12(11)17/h7,10,13-14,16H,2-6H2,1H3/t7-,10+/m0/s1. The summed E-state index contributed by atoms with van der Waals surface area (Å²) in [6.07, 6.45) is -0.298. The van der Waals surface area contributed by atoms with E-state index in [1.54, 1.807) is 0 Å². The van der Waals surface area contributed by atoms with E-state index in [1.165, 1.54) is 0 Å². The monoisotopic (exact) mass is 274 g/mol. The molecule has 0 aromatic heterocycles. The number of hydrogen-bond acceptors (Lipinski definition) is 7. The van der Waals surface area contributed by atoms with Crippen molar-refractivity contribution in [1.29, 1.82) is 0 Å². The van der Waals surface area contributed by atoms with Gasteiger partial charge in [0, 0.05) is 6.42 Å². The van der Waals surface area contributed by atoms with Crippen LogP contribution in [-0.2, 0) is 19.1 Å². The second-order valence-corrected chi connectivity index (χ2v) is 4.22. The molecule has 0 saturated carbocycles. The minimum absolute atomic E-state index is 0.130. The molecule has 0 aliphatic carbocycles. The summed E-state index contributed by atoms with van der Waals surface area (Å²) < 4.78 is 9.35. The summed E-state index contributed by atoms with van der Waals surface area (Å²) in [5.41, 5.74) is 0. The third-order valence-corrected chi connectivity index (χ3v) is 2.66. The predicted octanol–water partition coefficient (Wildman–Crippen LogP) is 0.158. The van der Waals surface area contributed by atoms with Gasteiger partial charge in [-0.1, -0.05) is 19.8 Å². The van der Waals surface area contributed by atoms with Crippen LogP contribution in [0.25, 0.3) is 0 Å². The second kappa shape index (κ2) is 7.10. The Bertz CT molecular complexity index is 374. The Hall–Kier alpha value is -1.60. The van der Waals surface area contributed by atoms with E-state index in [0.717, 1.165) is 12.8 Å². The molecule has 0 bridgehead atoms. The van der Waals surface area contributed by atoms with Crippen molar-refractivity contribution in [3.8, 4) is 0 Å². The Morgan fingerprint density at radius 3 is 2.74 bits per heavy atom. The molecule has 7 nitrogen and oxygen atoms in total. The van der Waals surface area contributed by atoms with Crippen molar-refractivity contribution in [2.24, 2.45) is 0 Å². The van der Waals surface area contributed by atoms with Gasteiger partial charge in [-0.25, -0.2) is 4.79 Å². The van der Waals surface area contributed by atoms with Crippen molar-refractivity contribution in [1.82, 2.24) is 0 Å². The Morgan fingerprint density at radius 2 is 2.16 bits per heavy atom. The van der Waals surface area contributed by atoms with Gasteiger partial charge in [-0.3, -0.25) is 4.79 Å². The van der Waals surface area contributed by atoms with Crippen molar-refractivity contribution in [3.05, 3.63) is 11.5 Å². The van der Waals surface area contributed by atoms with Gasteiger partial charge in [0.1, 0.15) is 6.10 Å². The number of rotatable bonds is 7. The van der Waals surface area contributed by atoms with Crippen molar-refractivity contribution in [3.63, 3.8) is 0 Å². The van der Waals surface area contributed by atoms with Crippen LogP contribution in [0.4, 0.5) is 0 Å². The van der Waals surface area contributed by atoms with E-state index in [9.17, 15) is 19.8 Å². The molecule has 19 heavy (non-hydrogen) atoms. The minimum Gasteiger partial charge on any atom is -0.505 e. The molecule has 0 amide bonds. The molecule has 0 unspecified atom stereocenters. The number of esters is 2. The van der Waals surface area contributed by atoms with E-state index in [-0.39, 0.29) is 6.42 Å². The van der Waals surface area contributed by atoms with Gasteiger partial charge in [-0.15, -0.1) is 0 Å².